The number of hydrogen-bond acceptors (Lipinski definition) is 4. The maximum absolute atomic E-state index is 12.8. The Morgan fingerprint density at radius 2 is 2.00 bits per heavy atom. The number of aromatic nitrogens is 2. The number of hydrogen-bond donors (Lipinski definition) is 2. The van der Waals surface area contributed by atoms with Gasteiger partial charge in [0.2, 0.25) is 0 Å². The predicted molar refractivity (Wildman–Crippen MR) is 139 cm³/mol. The van der Waals surface area contributed by atoms with E-state index in [-0.39, 0.29) is 35.8 Å². The molecule has 7 nitrogen and oxygen atoms in total. The summed E-state index contributed by atoms with van der Waals surface area (Å²) in [6.07, 6.45) is 2.66. The normalized spacial score (nSPS) is 16.2. The van der Waals surface area contributed by atoms with Crippen LogP contribution in [0.5, 0.6) is 5.75 Å². The fourth-order valence-corrected chi connectivity index (χ4v) is 4.25. The third-order valence-electron chi connectivity index (χ3n) is 5.72. The molecule has 3 rings (SSSR count). The summed E-state index contributed by atoms with van der Waals surface area (Å²) in [5, 5.41) is 11.5. The number of nitrogens with one attached hydrogen (secondary N) is 2. The van der Waals surface area contributed by atoms with Gasteiger partial charge >= 0.3 is 6.61 Å². The van der Waals surface area contributed by atoms with Crippen LogP contribution < -0.4 is 20.3 Å². The molecule has 1 fully saturated rings. The lowest BCUT2D eigenvalue weighted by Crippen LogP contribution is -2.44. The quantitative estimate of drug-likeness (QED) is 0.268. The summed E-state index contributed by atoms with van der Waals surface area (Å²) in [7, 11) is 1.98. The third kappa shape index (κ3) is 6.94. The van der Waals surface area contributed by atoms with Crippen LogP contribution in [0, 0.1) is 0 Å². The van der Waals surface area contributed by atoms with E-state index in [1.807, 2.05) is 30.8 Å². The van der Waals surface area contributed by atoms with Crippen molar-refractivity contribution < 1.29 is 13.5 Å². The van der Waals surface area contributed by atoms with Crippen molar-refractivity contribution in [3.05, 3.63) is 41.2 Å². The van der Waals surface area contributed by atoms with Crippen molar-refractivity contribution >= 4 is 35.6 Å². The number of ether oxygens (including phenoxy) is 1. The highest BCUT2D eigenvalue weighted by molar-refractivity contribution is 14.0. The minimum atomic E-state index is -2.84. The van der Waals surface area contributed by atoms with E-state index in [1.54, 1.807) is 12.1 Å². The van der Waals surface area contributed by atoms with Crippen LogP contribution >= 0.6 is 24.0 Å². The molecular formula is C23H35F2IN6O. The number of alkyl halides is 2. The van der Waals surface area contributed by atoms with Gasteiger partial charge in [-0.1, -0.05) is 26.0 Å². The first-order chi connectivity index (χ1) is 15.5. The second kappa shape index (κ2) is 13.0. The Balaban J connectivity index is 0.00000385. The van der Waals surface area contributed by atoms with Crippen molar-refractivity contribution in [1.29, 1.82) is 0 Å². The Labute approximate surface area is 212 Å². The van der Waals surface area contributed by atoms with Gasteiger partial charge in [-0.15, -0.1) is 24.0 Å². The highest BCUT2D eigenvalue weighted by Gasteiger charge is 2.26. The first-order valence-electron chi connectivity index (χ1n) is 11.3. The minimum absolute atomic E-state index is 0. The summed E-state index contributed by atoms with van der Waals surface area (Å²) in [5.41, 5.74) is 4.19. The largest absolute Gasteiger partial charge is 0.433 e. The Bertz CT molecular complexity index is 920. The van der Waals surface area contributed by atoms with Crippen LogP contribution in [0.25, 0.3) is 0 Å². The smallest absolute Gasteiger partial charge is 0.387 e. The van der Waals surface area contributed by atoms with Crippen LogP contribution in [0.2, 0.25) is 0 Å². The van der Waals surface area contributed by atoms with Gasteiger partial charge in [-0.25, -0.2) is 4.99 Å². The number of halogens is 3. The molecule has 0 aliphatic carbocycles. The van der Waals surface area contributed by atoms with E-state index in [2.05, 4.69) is 34.5 Å². The molecule has 0 saturated carbocycles. The molecule has 2 aromatic rings. The zero-order chi connectivity index (χ0) is 23.1. The zero-order valence-electron chi connectivity index (χ0n) is 19.8. The van der Waals surface area contributed by atoms with Gasteiger partial charge in [0.1, 0.15) is 5.75 Å². The van der Waals surface area contributed by atoms with Crippen LogP contribution in [0.4, 0.5) is 14.5 Å². The fourth-order valence-electron chi connectivity index (χ4n) is 4.25. The van der Waals surface area contributed by atoms with Crippen LogP contribution in [-0.2, 0) is 26.4 Å². The molecule has 1 aliphatic heterocycles. The number of guanidine groups is 1. The molecule has 184 valence electrons. The minimum Gasteiger partial charge on any atom is -0.433 e. The number of aryl methyl sites for hydroxylation is 2. The van der Waals surface area contributed by atoms with Crippen molar-refractivity contribution in [2.45, 2.75) is 59.2 Å². The van der Waals surface area contributed by atoms with Crippen LogP contribution in [0.1, 0.15) is 44.1 Å². The lowest BCUT2D eigenvalue weighted by molar-refractivity contribution is -0.0495. The highest BCUT2D eigenvalue weighted by Crippen LogP contribution is 2.31. The first-order valence-corrected chi connectivity index (χ1v) is 11.3. The summed E-state index contributed by atoms with van der Waals surface area (Å²) >= 11 is 0. The van der Waals surface area contributed by atoms with Gasteiger partial charge in [-0.05, 0) is 38.3 Å². The van der Waals surface area contributed by atoms with E-state index in [0.29, 0.717) is 18.8 Å². The van der Waals surface area contributed by atoms with Crippen molar-refractivity contribution in [2.24, 2.45) is 12.0 Å². The lowest BCUT2D eigenvalue weighted by Gasteiger charge is -2.22. The van der Waals surface area contributed by atoms with E-state index in [4.69, 9.17) is 9.73 Å². The van der Waals surface area contributed by atoms with E-state index < -0.39 is 6.61 Å². The predicted octanol–water partition coefficient (Wildman–Crippen LogP) is 4.10. The van der Waals surface area contributed by atoms with Crippen LogP contribution in [0.3, 0.4) is 0 Å². The standard InChI is InChI=1S/C23H34F2N6O.HI/c1-5-18-17(19(6-2)30(4)29-18)14-27-23(26-7-3)28-16-12-13-31(15-16)20-10-8-9-11-21(20)32-22(24)25;/h8-11,16,22H,5-7,12-15H2,1-4H3,(H2,26,27,28);1H. The van der Waals surface area contributed by atoms with Gasteiger partial charge in [-0.3, -0.25) is 4.68 Å². The Morgan fingerprint density at radius 3 is 2.67 bits per heavy atom. The number of anilines is 1. The summed E-state index contributed by atoms with van der Waals surface area (Å²) in [6.45, 7) is 6.20. The monoisotopic (exact) mass is 576 g/mol. The molecule has 1 aliphatic rings. The lowest BCUT2D eigenvalue weighted by atomic mass is 10.1. The zero-order valence-corrected chi connectivity index (χ0v) is 22.1. The SMILES string of the molecule is CCNC(=NCc1c(CC)nn(C)c1CC)NC1CCN(c2ccccc2OC(F)F)C1.I. The molecule has 1 saturated heterocycles. The average molecular weight is 576 g/mol. The average Bonchev–Trinajstić information content (AvgIpc) is 3.35. The Hall–Kier alpha value is -2.11. The molecule has 1 atom stereocenters. The number of aliphatic imine (C=N–C) groups is 1. The topological polar surface area (TPSA) is 66.7 Å². The first kappa shape index (κ1) is 27.1. The van der Waals surface area contributed by atoms with Gasteiger partial charge in [0.15, 0.2) is 5.96 Å². The Morgan fingerprint density at radius 1 is 1.24 bits per heavy atom. The highest BCUT2D eigenvalue weighted by atomic mass is 127. The molecule has 0 bridgehead atoms. The maximum Gasteiger partial charge on any atom is 0.387 e. The van der Waals surface area contributed by atoms with Gasteiger partial charge in [0.25, 0.3) is 0 Å². The second-order valence-electron chi connectivity index (χ2n) is 7.82. The summed E-state index contributed by atoms with van der Waals surface area (Å²) in [5.74, 6) is 0.962. The van der Waals surface area contributed by atoms with E-state index >= 15 is 0 Å². The van der Waals surface area contributed by atoms with Crippen molar-refractivity contribution in [3.63, 3.8) is 0 Å². The molecule has 1 unspecified atom stereocenters. The molecule has 0 spiro atoms. The third-order valence-corrected chi connectivity index (χ3v) is 5.72. The molecule has 10 heteroatoms. The van der Waals surface area contributed by atoms with Crippen LogP contribution in [-0.4, -0.2) is 48.0 Å². The number of para-hydroxylation sites is 2. The fraction of sp³-hybridized carbons (Fsp3) is 0.565. The van der Waals surface area contributed by atoms with Gasteiger partial charge in [0.05, 0.1) is 17.9 Å². The van der Waals surface area contributed by atoms with E-state index in [1.165, 1.54) is 11.3 Å². The maximum atomic E-state index is 12.8. The molecule has 0 amide bonds. The van der Waals surface area contributed by atoms with E-state index in [0.717, 1.165) is 44.0 Å². The van der Waals surface area contributed by atoms with Gasteiger partial charge in [-0.2, -0.15) is 13.9 Å². The molecule has 2 heterocycles. The van der Waals surface area contributed by atoms with Crippen molar-refractivity contribution in [2.75, 3.05) is 24.5 Å². The van der Waals surface area contributed by atoms with Crippen molar-refractivity contribution in [3.8, 4) is 5.75 Å². The number of rotatable bonds is 9. The molecule has 1 aromatic carbocycles. The summed E-state index contributed by atoms with van der Waals surface area (Å²) in [4.78, 5) is 6.91. The van der Waals surface area contributed by atoms with Crippen LogP contribution in [0.15, 0.2) is 29.3 Å². The Kier molecular flexibility index (Phi) is 10.6. The molecule has 1 aromatic heterocycles. The van der Waals surface area contributed by atoms with Crippen molar-refractivity contribution in [1.82, 2.24) is 20.4 Å². The van der Waals surface area contributed by atoms with Gasteiger partial charge < -0.3 is 20.3 Å². The summed E-state index contributed by atoms with van der Waals surface area (Å²) in [6, 6.07) is 7.09. The number of benzene rings is 1. The number of nitrogens with zero attached hydrogens (tertiary/aromatic N) is 4. The molecular weight excluding hydrogens is 541 g/mol. The molecule has 0 radical (unpaired) electrons. The second-order valence-corrected chi connectivity index (χ2v) is 7.82. The summed E-state index contributed by atoms with van der Waals surface area (Å²) < 4.78 is 32.2. The molecule has 2 N–H and O–H groups in total. The molecule has 33 heavy (non-hydrogen) atoms. The van der Waals surface area contributed by atoms with E-state index in [9.17, 15) is 8.78 Å². The van der Waals surface area contributed by atoms with Gasteiger partial charge in [0, 0.05) is 44.0 Å².